The average Bonchev–Trinajstić information content (AvgIpc) is 3.19. The Bertz CT molecular complexity index is 879. The molecule has 0 unspecified atom stereocenters. The number of hydrogen-bond donors (Lipinski definition) is 1. The van der Waals surface area contributed by atoms with Gasteiger partial charge in [0.05, 0.1) is 4.90 Å². The minimum atomic E-state index is -3.73. The Morgan fingerprint density at radius 1 is 1.42 bits per heavy atom. The summed E-state index contributed by atoms with van der Waals surface area (Å²) in [7, 11) is -3.73. The van der Waals surface area contributed by atoms with E-state index in [-0.39, 0.29) is 15.9 Å². The topological polar surface area (TPSA) is 92.3 Å². The van der Waals surface area contributed by atoms with Gasteiger partial charge in [0.25, 0.3) is 10.0 Å². The van der Waals surface area contributed by atoms with E-state index in [9.17, 15) is 13.2 Å². The van der Waals surface area contributed by atoms with E-state index in [0.717, 1.165) is 11.3 Å². The second kappa shape index (κ2) is 6.69. The second-order valence-corrected chi connectivity index (χ2v) is 8.84. The third-order valence-electron chi connectivity index (χ3n) is 3.66. The van der Waals surface area contributed by atoms with E-state index in [1.165, 1.54) is 29.2 Å². The van der Waals surface area contributed by atoms with Crippen LogP contribution in [0.4, 0.5) is 10.8 Å². The van der Waals surface area contributed by atoms with Gasteiger partial charge in [-0.15, -0.1) is 10.2 Å². The Labute approximate surface area is 148 Å². The van der Waals surface area contributed by atoms with Crippen LogP contribution >= 0.6 is 23.1 Å². The first-order valence-corrected chi connectivity index (χ1v) is 10.8. The van der Waals surface area contributed by atoms with Gasteiger partial charge in [-0.2, -0.15) is 0 Å². The molecule has 7 nitrogen and oxygen atoms in total. The molecule has 2 heterocycles. The van der Waals surface area contributed by atoms with Gasteiger partial charge in [-0.05, 0) is 36.4 Å². The van der Waals surface area contributed by atoms with Crippen LogP contribution in [0, 0.1) is 0 Å². The van der Waals surface area contributed by atoms with Gasteiger partial charge in [0.15, 0.2) is 4.34 Å². The highest BCUT2D eigenvalue weighted by atomic mass is 32.2. The van der Waals surface area contributed by atoms with Crippen molar-refractivity contribution in [2.45, 2.75) is 29.0 Å². The quantitative estimate of drug-likeness (QED) is 0.796. The van der Waals surface area contributed by atoms with Gasteiger partial charge in [0.2, 0.25) is 11.0 Å². The van der Waals surface area contributed by atoms with Gasteiger partial charge < -0.3 is 4.90 Å². The number of carbonyl (C=O) groups is 1. The van der Waals surface area contributed by atoms with Crippen molar-refractivity contribution in [3.8, 4) is 0 Å². The molecule has 1 aromatic heterocycles. The lowest BCUT2D eigenvalue weighted by atomic mass is 10.2. The van der Waals surface area contributed by atoms with Crippen LogP contribution in [0.25, 0.3) is 0 Å². The molecule has 0 aliphatic carbocycles. The summed E-state index contributed by atoms with van der Waals surface area (Å²) in [6, 6.07) is 4.83. The number of nitrogens with zero attached hydrogens (tertiary/aromatic N) is 3. The zero-order valence-corrected chi connectivity index (χ0v) is 15.6. The van der Waals surface area contributed by atoms with Crippen molar-refractivity contribution in [3.05, 3.63) is 23.8 Å². The summed E-state index contributed by atoms with van der Waals surface area (Å²) in [5.41, 5.74) is 1.66. The van der Waals surface area contributed by atoms with Crippen molar-refractivity contribution in [2.75, 3.05) is 22.4 Å². The first-order chi connectivity index (χ1) is 11.4. The van der Waals surface area contributed by atoms with Crippen LogP contribution in [-0.4, -0.2) is 37.3 Å². The number of aromatic nitrogens is 2. The number of fused-ring (bicyclic) bond motifs is 1. The summed E-state index contributed by atoms with van der Waals surface area (Å²) >= 11 is 2.59. The van der Waals surface area contributed by atoms with Gasteiger partial charge >= 0.3 is 0 Å². The number of rotatable bonds is 5. The number of anilines is 2. The molecule has 3 rings (SSSR count). The molecule has 0 fully saturated rings. The number of amides is 1. The number of nitrogens with one attached hydrogen (secondary N) is 1. The van der Waals surface area contributed by atoms with E-state index in [1.807, 2.05) is 13.2 Å². The van der Waals surface area contributed by atoms with Crippen LogP contribution in [-0.2, 0) is 21.2 Å². The van der Waals surface area contributed by atoms with Gasteiger partial charge in [-0.3, -0.25) is 9.52 Å². The fraction of sp³-hybridized carbons (Fsp3) is 0.357. The summed E-state index contributed by atoms with van der Waals surface area (Å²) in [4.78, 5) is 13.8. The second-order valence-electron chi connectivity index (χ2n) is 5.12. The normalized spacial score (nSPS) is 13.8. The molecule has 0 bridgehead atoms. The third-order valence-corrected chi connectivity index (χ3v) is 6.94. The lowest BCUT2D eigenvalue weighted by Gasteiger charge is -2.16. The van der Waals surface area contributed by atoms with Gasteiger partial charge in [0.1, 0.15) is 0 Å². The molecular weight excluding hydrogens is 368 g/mol. The zero-order valence-electron chi connectivity index (χ0n) is 13.1. The molecule has 1 aromatic carbocycles. The van der Waals surface area contributed by atoms with Crippen molar-refractivity contribution in [1.29, 1.82) is 0 Å². The molecule has 1 N–H and O–H groups in total. The molecule has 0 saturated heterocycles. The van der Waals surface area contributed by atoms with Crippen LogP contribution in [0.15, 0.2) is 27.4 Å². The Morgan fingerprint density at radius 2 is 2.21 bits per heavy atom. The van der Waals surface area contributed by atoms with E-state index in [2.05, 4.69) is 14.9 Å². The standard InChI is InChI=1S/C14H16N4O3S3/c1-3-12(19)18-7-6-9-8-10(4-5-11(9)18)24(20,21)17-13-15-16-14(22-2)23-13/h4-5,8H,3,6-7H2,1-2H3,(H,15,17). The number of benzene rings is 1. The van der Waals surface area contributed by atoms with Crippen molar-refractivity contribution in [2.24, 2.45) is 0 Å². The fourth-order valence-corrected chi connectivity index (χ4v) is 4.95. The van der Waals surface area contributed by atoms with Gasteiger partial charge in [-0.1, -0.05) is 30.0 Å². The van der Waals surface area contributed by atoms with Crippen molar-refractivity contribution < 1.29 is 13.2 Å². The van der Waals surface area contributed by atoms with Gasteiger partial charge in [0, 0.05) is 18.7 Å². The van der Waals surface area contributed by atoms with E-state index < -0.39 is 10.0 Å². The van der Waals surface area contributed by atoms with Crippen molar-refractivity contribution >= 4 is 49.8 Å². The van der Waals surface area contributed by atoms with Crippen LogP contribution in [0.1, 0.15) is 18.9 Å². The SMILES string of the molecule is CCC(=O)N1CCc2cc(S(=O)(=O)Nc3nnc(SC)s3)ccc21. The highest BCUT2D eigenvalue weighted by Gasteiger charge is 2.26. The largest absolute Gasteiger partial charge is 0.312 e. The Morgan fingerprint density at radius 3 is 2.88 bits per heavy atom. The predicted molar refractivity (Wildman–Crippen MR) is 95.3 cm³/mol. The highest BCUT2D eigenvalue weighted by molar-refractivity contribution is 8.00. The van der Waals surface area contributed by atoms with Crippen molar-refractivity contribution in [3.63, 3.8) is 0 Å². The summed E-state index contributed by atoms with van der Waals surface area (Å²) in [5, 5.41) is 7.93. The maximum Gasteiger partial charge on any atom is 0.263 e. The molecule has 0 spiro atoms. The minimum absolute atomic E-state index is 0.0425. The Hall–Kier alpha value is -1.65. The number of hydrogen-bond acceptors (Lipinski definition) is 7. The lowest BCUT2D eigenvalue weighted by Crippen LogP contribution is -2.27. The Balaban J connectivity index is 1.86. The minimum Gasteiger partial charge on any atom is -0.312 e. The summed E-state index contributed by atoms with van der Waals surface area (Å²) in [6.45, 7) is 2.40. The fourth-order valence-electron chi connectivity index (χ4n) is 2.50. The molecule has 128 valence electrons. The maximum absolute atomic E-state index is 12.5. The monoisotopic (exact) mass is 384 g/mol. The van der Waals surface area contributed by atoms with E-state index >= 15 is 0 Å². The van der Waals surface area contributed by atoms with Crippen LogP contribution < -0.4 is 9.62 Å². The van der Waals surface area contributed by atoms with Crippen molar-refractivity contribution in [1.82, 2.24) is 10.2 Å². The number of carbonyl (C=O) groups excluding carboxylic acids is 1. The molecule has 2 aromatic rings. The molecular formula is C14H16N4O3S3. The van der Waals surface area contributed by atoms with Crippen LogP contribution in [0.2, 0.25) is 0 Å². The smallest absolute Gasteiger partial charge is 0.263 e. The first kappa shape index (κ1) is 17.2. The lowest BCUT2D eigenvalue weighted by molar-refractivity contribution is -0.118. The van der Waals surface area contributed by atoms with Gasteiger partial charge in [-0.25, -0.2) is 8.42 Å². The van der Waals surface area contributed by atoms with E-state index in [1.54, 1.807) is 17.0 Å². The summed E-state index contributed by atoms with van der Waals surface area (Å²) in [6.07, 6.45) is 2.93. The summed E-state index contributed by atoms with van der Waals surface area (Å²) in [5.74, 6) is 0.0425. The molecule has 1 amide bonds. The molecule has 0 saturated carbocycles. The van der Waals surface area contributed by atoms with E-state index in [0.29, 0.717) is 23.7 Å². The number of sulfonamides is 1. The molecule has 24 heavy (non-hydrogen) atoms. The zero-order chi connectivity index (χ0) is 17.3. The average molecular weight is 385 g/mol. The molecule has 1 aliphatic heterocycles. The molecule has 0 atom stereocenters. The molecule has 1 aliphatic rings. The molecule has 10 heteroatoms. The van der Waals surface area contributed by atoms with E-state index in [4.69, 9.17) is 0 Å². The Kier molecular flexibility index (Phi) is 4.79. The highest BCUT2D eigenvalue weighted by Crippen LogP contribution is 2.32. The molecule has 0 radical (unpaired) electrons. The van der Waals surface area contributed by atoms with Crippen LogP contribution in [0.5, 0.6) is 0 Å². The third kappa shape index (κ3) is 3.26. The first-order valence-electron chi connectivity index (χ1n) is 7.28. The van der Waals surface area contributed by atoms with Crippen LogP contribution in [0.3, 0.4) is 0 Å². The maximum atomic E-state index is 12.5. The summed E-state index contributed by atoms with van der Waals surface area (Å²) < 4.78 is 28.2. The predicted octanol–water partition coefficient (Wildman–Crippen LogP) is 2.36. The number of thioether (sulfide) groups is 1.